The Hall–Kier alpha value is -1.32. The van der Waals surface area contributed by atoms with E-state index in [1.807, 2.05) is 11.3 Å². The molecule has 0 spiro atoms. The molecule has 1 heterocycles. The van der Waals surface area contributed by atoms with E-state index in [9.17, 15) is 0 Å². The van der Waals surface area contributed by atoms with Gasteiger partial charge in [-0.25, -0.2) is 0 Å². The highest BCUT2D eigenvalue weighted by atomic mass is 32.1. The van der Waals surface area contributed by atoms with Crippen LogP contribution in [0.1, 0.15) is 15.3 Å². The van der Waals surface area contributed by atoms with Gasteiger partial charge in [0.05, 0.1) is 6.61 Å². The van der Waals surface area contributed by atoms with Gasteiger partial charge < -0.3 is 10.1 Å². The first-order valence-electron chi connectivity index (χ1n) is 6.15. The predicted octanol–water partition coefficient (Wildman–Crippen LogP) is 3.86. The number of ether oxygens (including phenoxy) is 1. The molecular formula is C15H19NOS. The highest BCUT2D eigenvalue weighted by Crippen LogP contribution is 2.20. The number of methoxy groups -OCH3 is 1. The first kappa shape index (κ1) is 13.1. The molecule has 0 radical (unpaired) electrons. The van der Waals surface area contributed by atoms with Crippen LogP contribution in [-0.4, -0.2) is 13.7 Å². The lowest BCUT2D eigenvalue weighted by Gasteiger charge is -2.11. The molecule has 2 nitrogen and oxygen atoms in total. The van der Waals surface area contributed by atoms with Crippen molar-refractivity contribution >= 4 is 17.0 Å². The largest absolute Gasteiger partial charge is 0.384 e. The summed E-state index contributed by atoms with van der Waals surface area (Å²) in [5.41, 5.74) is 2.52. The molecule has 0 fully saturated rings. The van der Waals surface area contributed by atoms with Crippen molar-refractivity contribution in [3.63, 3.8) is 0 Å². The summed E-state index contributed by atoms with van der Waals surface area (Å²) >= 11 is 1.84. The van der Waals surface area contributed by atoms with Crippen molar-refractivity contribution in [2.45, 2.75) is 19.9 Å². The van der Waals surface area contributed by atoms with Crippen LogP contribution in [0, 0.1) is 6.92 Å². The highest BCUT2D eigenvalue weighted by Gasteiger charge is 2.02. The van der Waals surface area contributed by atoms with Crippen molar-refractivity contribution in [3.05, 3.63) is 51.7 Å². The average molecular weight is 261 g/mol. The van der Waals surface area contributed by atoms with Crippen LogP contribution >= 0.6 is 11.3 Å². The van der Waals surface area contributed by atoms with Crippen molar-refractivity contribution in [1.29, 1.82) is 0 Å². The maximum atomic E-state index is 5.14. The number of thiophene rings is 1. The standard InChI is InChI=1S/C15H19NOS/c1-12-7-8-14(18-12)11-16-15-6-4-3-5-13(15)9-10-17-2/h3-8,16H,9-11H2,1-2H3. The third-order valence-electron chi connectivity index (χ3n) is 2.84. The van der Waals surface area contributed by atoms with Gasteiger partial charge in [0.15, 0.2) is 0 Å². The van der Waals surface area contributed by atoms with E-state index in [1.165, 1.54) is 21.0 Å². The molecule has 0 saturated carbocycles. The summed E-state index contributed by atoms with van der Waals surface area (Å²) in [7, 11) is 1.74. The molecule has 0 bridgehead atoms. The first-order valence-corrected chi connectivity index (χ1v) is 6.97. The van der Waals surface area contributed by atoms with Crippen molar-refractivity contribution in [2.75, 3.05) is 19.0 Å². The zero-order chi connectivity index (χ0) is 12.8. The molecule has 0 atom stereocenters. The second-order valence-corrected chi connectivity index (χ2v) is 5.64. The lowest BCUT2D eigenvalue weighted by molar-refractivity contribution is 0.202. The molecule has 3 heteroatoms. The Morgan fingerprint density at radius 3 is 2.72 bits per heavy atom. The maximum absolute atomic E-state index is 5.14. The smallest absolute Gasteiger partial charge is 0.0503 e. The van der Waals surface area contributed by atoms with Gasteiger partial charge in [-0.1, -0.05) is 18.2 Å². The molecule has 0 aliphatic rings. The van der Waals surface area contributed by atoms with Crippen LogP contribution in [0.25, 0.3) is 0 Å². The van der Waals surface area contributed by atoms with Gasteiger partial charge >= 0.3 is 0 Å². The molecule has 0 saturated heterocycles. The molecule has 0 amide bonds. The number of rotatable bonds is 6. The Labute approximate surface area is 113 Å². The second kappa shape index (κ2) is 6.57. The molecule has 2 rings (SSSR count). The minimum absolute atomic E-state index is 0.761. The Bertz CT molecular complexity index is 493. The normalized spacial score (nSPS) is 10.6. The molecular weight excluding hydrogens is 242 g/mol. The van der Waals surface area contributed by atoms with E-state index in [1.54, 1.807) is 7.11 Å². The fraction of sp³-hybridized carbons (Fsp3) is 0.333. The van der Waals surface area contributed by atoms with E-state index in [0.29, 0.717) is 0 Å². The SMILES string of the molecule is COCCc1ccccc1NCc1ccc(C)s1. The minimum Gasteiger partial charge on any atom is -0.384 e. The van der Waals surface area contributed by atoms with Crippen LogP contribution in [0.4, 0.5) is 5.69 Å². The van der Waals surface area contributed by atoms with E-state index >= 15 is 0 Å². The summed E-state index contributed by atoms with van der Waals surface area (Å²) in [6, 6.07) is 12.8. The van der Waals surface area contributed by atoms with E-state index in [0.717, 1.165) is 19.6 Å². The van der Waals surface area contributed by atoms with Gasteiger partial charge in [-0.2, -0.15) is 0 Å². The number of anilines is 1. The maximum Gasteiger partial charge on any atom is 0.0503 e. The van der Waals surface area contributed by atoms with Crippen LogP contribution in [0.15, 0.2) is 36.4 Å². The molecule has 0 aliphatic heterocycles. The molecule has 2 aromatic rings. The van der Waals surface area contributed by atoms with Gasteiger partial charge in [0.25, 0.3) is 0 Å². The quantitative estimate of drug-likeness (QED) is 0.852. The Balaban J connectivity index is 1.99. The number of hydrogen-bond donors (Lipinski definition) is 1. The topological polar surface area (TPSA) is 21.3 Å². The molecule has 96 valence electrons. The summed E-state index contributed by atoms with van der Waals surface area (Å²) in [6.45, 7) is 3.79. The minimum atomic E-state index is 0.761. The van der Waals surface area contributed by atoms with Gasteiger partial charge in [0, 0.05) is 29.1 Å². The Morgan fingerprint density at radius 2 is 2.00 bits per heavy atom. The van der Waals surface area contributed by atoms with Crippen LogP contribution in [0.2, 0.25) is 0 Å². The second-order valence-electron chi connectivity index (χ2n) is 4.27. The zero-order valence-corrected chi connectivity index (χ0v) is 11.7. The summed E-state index contributed by atoms with van der Waals surface area (Å²) in [5.74, 6) is 0. The zero-order valence-electron chi connectivity index (χ0n) is 10.9. The number of aryl methyl sites for hydroxylation is 1. The molecule has 1 aromatic carbocycles. The third-order valence-corrected chi connectivity index (χ3v) is 3.84. The molecule has 18 heavy (non-hydrogen) atoms. The molecule has 0 aliphatic carbocycles. The van der Waals surface area contributed by atoms with Crippen molar-refractivity contribution < 1.29 is 4.74 Å². The molecule has 1 aromatic heterocycles. The van der Waals surface area contributed by atoms with Crippen LogP contribution in [-0.2, 0) is 17.7 Å². The van der Waals surface area contributed by atoms with Crippen LogP contribution < -0.4 is 5.32 Å². The van der Waals surface area contributed by atoms with Crippen LogP contribution in [0.5, 0.6) is 0 Å². The fourth-order valence-electron chi connectivity index (χ4n) is 1.89. The predicted molar refractivity (Wildman–Crippen MR) is 78.4 cm³/mol. The monoisotopic (exact) mass is 261 g/mol. The fourth-order valence-corrected chi connectivity index (χ4v) is 2.72. The Morgan fingerprint density at radius 1 is 1.17 bits per heavy atom. The summed E-state index contributed by atoms with van der Waals surface area (Å²) in [5, 5.41) is 3.51. The lowest BCUT2D eigenvalue weighted by atomic mass is 10.1. The van der Waals surface area contributed by atoms with E-state index < -0.39 is 0 Å². The Kier molecular flexibility index (Phi) is 4.79. The first-order chi connectivity index (χ1) is 8.79. The van der Waals surface area contributed by atoms with Crippen molar-refractivity contribution in [1.82, 2.24) is 0 Å². The number of para-hydroxylation sites is 1. The van der Waals surface area contributed by atoms with Gasteiger partial charge in [0.2, 0.25) is 0 Å². The van der Waals surface area contributed by atoms with E-state index in [2.05, 4.69) is 48.6 Å². The summed E-state index contributed by atoms with van der Waals surface area (Å²) < 4.78 is 5.14. The number of benzene rings is 1. The van der Waals surface area contributed by atoms with Crippen molar-refractivity contribution in [2.24, 2.45) is 0 Å². The van der Waals surface area contributed by atoms with Crippen LogP contribution in [0.3, 0.4) is 0 Å². The van der Waals surface area contributed by atoms with Gasteiger partial charge in [0.1, 0.15) is 0 Å². The van der Waals surface area contributed by atoms with E-state index in [4.69, 9.17) is 4.74 Å². The van der Waals surface area contributed by atoms with Gasteiger partial charge in [-0.15, -0.1) is 11.3 Å². The lowest BCUT2D eigenvalue weighted by Crippen LogP contribution is -2.03. The summed E-state index contributed by atoms with van der Waals surface area (Å²) in [6.07, 6.45) is 0.948. The molecule has 0 unspecified atom stereocenters. The average Bonchev–Trinajstić information content (AvgIpc) is 2.81. The highest BCUT2D eigenvalue weighted by molar-refractivity contribution is 7.11. The number of nitrogens with one attached hydrogen (secondary N) is 1. The van der Waals surface area contributed by atoms with Gasteiger partial charge in [-0.3, -0.25) is 0 Å². The third kappa shape index (κ3) is 3.59. The van der Waals surface area contributed by atoms with Gasteiger partial charge in [-0.05, 0) is 37.1 Å². The van der Waals surface area contributed by atoms with Crippen molar-refractivity contribution in [3.8, 4) is 0 Å². The summed E-state index contributed by atoms with van der Waals surface area (Å²) in [4.78, 5) is 2.73. The molecule has 1 N–H and O–H groups in total. The van der Waals surface area contributed by atoms with E-state index in [-0.39, 0.29) is 0 Å². The number of hydrogen-bond acceptors (Lipinski definition) is 3.